The van der Waals surface area contributed by atoms with Crippen LogP contribution in [0.4, 0.5) is 0 Å². The molecule has 2 aromatic rings. The molecule has 190 valence electrons. The van der Waals surface area contributed by atoms with E-state index in [1.54, 1.807) is 12.1 Å². The number of methoxy groups -OCH3 is 1. The number of Topliss-reactive ketones (excluding diaryl/α,β-unsaturated/α-hetero) is 1. The lowest BCUT2D eigenvalue weighted by atomic mass is 9.71. The topological polar surface area (TPSA) is 94.1 Å². The molecule has 0 aromatic heterocycles. The average Bonchev–Trinajstić information content (AvgIpc) is 2.85. The van der Waals surface area contributed by atoms with E-state index in [-0.39, 0.29) is 30.7 Å². The molecule has 2 aliphatic rings. The van der Waals surface area contributed by atoms with Crippen LogP contribution in [0.5, 0.6) is 11.5 Å². The van der Waals surface area contributed by atoms with Crippen LogP contribution < -0.4 is 10.1 Å². The smallest absolute Gasteiger partial charge is 0.336 e. The van der Waals surface area contributed by atoms with E-state index in [0.717, 1.165) is 11.3 Å². The molecule has 0 radical (unpaired) electrons. The predicted molar refractivity (Wildman–Crippen MR) is 136 cm³/mol. The molecule has 2 aromatic carbocycles. The van der Waals surface area contributed by atoms with Crippen LogP contribution in [0.15, 0.2) is 65.0 Å². The van der Waals surface area contributed by atoms with Crippen LogP contribution in [0.1, 0.15) is 49.7 Å². The van der Waals surface area contributed by atoms with E-state index in [1.165, 1.54) is 13.2 Å². The largest absolute Gasteiger partial charge is 0.504 e. The predicted octanol–water partition coefficient (Wildman–Crippen LogP) is 5.00. The van der Waals surface area contributed by atoms with Gasteiger partial charge in [-0.2, -0.15) is 0 Å². The Hall–Kier alpha value is -3.29. The van der Waals surface area contributed by atoms with Crippen molar-refractivity contribution in [3.05, 3.63) is 81.2 Å². The van der Waals surface area contributed by atoms with E-state index in [2.05, 4.69) is 5.32 Å². The van der Waals surface area contributed by atoms with E-state index in [4.69, 9.17) is 25.8 Å². The van der Waals surface area contributed by atoms with Gasteiger partial charge in [0.1, 0.15) is 6.61 Å². The van der Waals surface area contributed by atoms with Crippen LogP contribution in [-0.2, 0) is 19.1 Å². The lowest BCUT2D eigenvalue weighted by molar-refractivity contribution is -0.140. The molecule has 36 heavy (non-hydrogen) atoms. The maximum absolute atomic E-state index is 13.7. The van der Waals surface area contributed by atoms with Gasteiger partial charge in [0, 0.05) is 41.4 Å². The third-order valence-corrected chi connectivity index (χ3v) is 6.78. The maximum atomic E-state index is 13.7. The van der Waals surface area contributed by atoms with Gasteiger partial charge in [0.05, 0.1) is 18.8 Å². The standard InChI is InChI=1S/C28H30ClNO6/c1-4-35-24-15-18(7-10-22(24)31)26-25(28(33)36-12-11-34-3)16(2)30-21-13-19(14-23(32)27(21)26)17-5-8-20(29)9-6-17/h5-10,15,19,26,30-31H,4,11-14H2,1-3H3/t19-,26+/m0/s1. The lowest BCUT2D eigenvalue weighted by Gasteiger charge is -2.36. The summed E-state index contributed by atoms with van der Waals surface area (Å²) in [5, 5.41) is 14.2. The van der Waals surface area contributed by atoms with Gasteiger partial charge in [-0.25, -0.2) is 4.79 Å². The first-order valence-corrected chi connectivity index (χ1v) is 12.3. The fourth-order valence-electron chi connectivity index (χ4n) is 4.89. The van der Waals surface area contributed by atoms with Crippen molar-refractivity contribution in [2.45, 2.75) is 38.5 Å². The molecular formula is C28H30ClNO6. The van der Waals surface area contributed by atoms with Crippen molar-refractivity contribution < 1.29 is 28.9 Å². The second-order valence-corrected chi connectivity index (χ2v) is 9.29. The number of nitrogens with one attached hydrogen (secondary N) is 1. The molecule has 2 N–H and O–H groups in total. The number of aromatic hydroxyl groups is 1. The fourth-order valence-corrected chi connectivity index (χ4v) is 5.02. The lowest BCUT2D eigenvalue weighted by Crippen LogP contribution is -2.36. The summed E-state index contributed by atoms with van der Waals surface area (Å²) >= 11 is 6.06. The van der Waals surface area contributed by atoms with Crippen molar-refractivity contribution in [3.63, 3.8) is 0 Å². The Bertz CT molecular complexity index is 1220. The van der Waals surface area contributed by atoms with Gasteiger partial charge in [0.2, 0.25) is 0 Å². The second-order valence-electron chi connectivity index (χ2n) is 8.86. The van der Waals surface area contributed by atoms with Gasteiger partial charge < -0.3 is 24.6 Å². The summed E-state index contributed by atoms with van der Waals surface area (Å²) in [6.45, 7) is 4.35. The third kappa shape index (κ3) is 5.27. The summed E-state index contributed by atoms with van der Waals surface area (Å²) in [6.07, 6.45) is 0.916. The van der Waals surface area contributed by atoms with Gasteiger partial charge in [-0.15, -0.1) is 0 Å². The summed E-state index contributed by atoms with van der Waals surface area (Å²) in [4.78, 5) is 26.9. The van der Waals surface area contributed by atoms with E-state index >= 15 is 0 Å². The molecule has 0 unspecified atom stereocenters. The summed E-state index contributed by atoms with van der Waals surface area (Å²) in [5.41, 5.74) is 4.01. The van der Waals surface area contributed by atoms with Crippen LogP contribution in [0.3, 0.4) is 0 Å². The Morgan fingerprint density at radius 2 is 1.83 bits per heavy atom. The number of carbonyl (C=O) groups excluding carboxylic acids is 2. The van der Waals surface area contributed by atoms with Crippen LogP contribution in [0, 0.1) is 0 Å². The number of halogens is 1. The number of carbonyl (C=O) groups is 2. The molecule has 1 heterocycles. The molecule has 8 heteroatoms. The number of ketones is 1. The number of dihydropyridines is 1. The van der Waals surface area contributed by atoms with Gasteiger partial charge in [-0.1, -0.05) is 29.8 Å². The number of phenolic OH excluding ortho intramolecular Hbond substituents is 1. The van der Waals surface area contributed by atoms with Gasteiger partial charge in [-0.05, 0) is 61.6 Å². The summed E-state index contributed by atoms with van der Waals surface area (Å²) in [6, 6.07) is 12.5. The SMILES string of the molecule is CCOc1cc([C@@H]2C(C(=O)OCCOC)=C(C)NC3=C2C(=O)C[C@@H](c2ccc(Cl)cc2)C3)ccc1O. The quantitative estimate of drug-likeness (QED) is 0.380. The minimum absolute atomic E-state index is 0.00793. The molecule has 0 amide bonds. The van der Waals surface area contributed by atoms with Crippen molar-refractivity contribution in [2.75, 3.05) is 26.9 Å². The summed E-state index contributed by atoms with van der Waals surface area (Å²) in [7, 11) is 1.53. The normalized spacial score (nSPS) is 19.6. The number of hydrogen-bond acceptors (Lipinski definition) is 7. The zero-order valence-electron chi connectivity index (χ0n) is 20.6. The monoisotopic (exact) mass is 511 g/mol. The number of hydrogen-bond donors (Lipinski definition) is 2. The molecule has 1 aliphatic carbocycles. The fraction of sp³-hybridized carbons (Fsp3) is 0.357. The summed E-state index contributed by atoms with van der Waals surface area (Å²) in [5.74, 6) is -0.950. The highest BCUT2D eigenvalue weighted by molar-refractivity contribution is 6.30. The van der Waals surface area contributed by atoms with Crippen molar-refractivity contribution in [1.82, 2.24) is 5.32 Å². The molecule has 1 aliphatic heterocycles. The average molecular weight is 512 g/mol. The van der Waals surface area contributed by atoms with E-state index in [9.17, 15) is 14.7 Å². The van der Waals surface area contributed by atoms with Gasteiger partial charge in [0.25, 0.3) is 0 Å². The molecule has 0 spiro atoms. The van der Waals surface area contributed by atoms with E-state index in [0.29, 0.717) is 52.6 Å². The highest BCUT2D eigenvalue weighted by Crippen LogP contribution is 2.47. The van der Waals surface area contributed by atoms with E-state index < -0.39 is 11.9 Å². The van der Waals surface area contributed by atoms with Crippen LogP contribution in [0.2, 0.25) is 5.02 Å². The number of rotatable bonds is 8. The first-order valence-electron chi connectivity index (χ1n) is 11.9. The number of benzene rings is 2. The Balaban J connectivity index is 1.78. The zero-order chi connectivity index (χ0) is 25.8. The molecule has 7 nitrogen and oxygen atoms in total. The van der Waals surface area contributed by atoms with Crippen molar-refractivity contribution in [1.29, 1.82) is 0 Å². The molecule has 0 saturated carbocycles. The molecule has 0 fully saturated rings. The summed E-state index contributed by atoms with van der Waals surface area (Å²) < 4.78 is 16.1. The molecule has 2 atom stereocenters. The van der Waals surface area contributed by atoms with Gasteiger partial charge >= 0.3 is 5.97 Å². The molecular weight excluding hydrogens is 482 g/mol. The van der Waals surface area contributed by atoms with E-state index in [1.807, 2.05) is 38.1 Å². The minimum atomic E-state index is -0.658. The number of ether oxygens (including phenoxy) is 3. The molecule has 0 saturated heterocycles. The molecule has 0 bridgehead atoms. The number of esters is 1. The first-order chi connectivity index (χ1) is 17.3. The van der Waals surface area contributed by atoms with Gasteiger partial charge in [0.15, 0.2) is 17.3 Å². The van der Waals surface area contributed by atoms with Crippen molar-refractivity contribution in [3.8, 4) is 11.5 Å². The van der Waals surface area contributed by atoms with Crippen LogP contribution in [-0.4, -0.2) is 43.8 Å². The minimum Gasteiger partial charge on any atom is -0.504 e. The Kier molecular flexibility index (Phi) is 8.01. The first kappa shape index (κ1) is 25.8. The maximum Gasteiger partial charge on any atom is 0.336 e. The van der Waals surface area contributed by atoms with Crippen molar-refractivity contribution >= 4 is 23.4 Å². The molecule has 4 rings (SSSR count). The van der Waals surface area contributed by atoms with Crippen molar-refractivity contribution in [2.24, 2.45) is 0 Å². The number of phenols is 1. The zero-order valence-corrected chi connectivity index (χ0v) is 21.4. The highest BCUT2D eigenvalue weighted by Gasteiger charge is 2.41. The van der Waals surface area contributed by atoms with Crippen LogP contribution in [0.25, 0.3) is 0 Å². The Morgan fingerprint density at radius 3 is 2.53 bits per heavy atom. The van der Waals surface area contributed by atoms with Gasteiger partial charge in [-0.3, -0.25) is 4.79 Å². The van der Waals surface area contributed by atoms with Crippen LogP contribution >= 0.6 is 11.6 Å². The second kappa shape index (κ2) is 11.2. The number of allylic oxidation sites excluding steroid dienone is 3. The Labute approximate surface area is 215 Å². The highest BCUT2D eigenvalue weighted by atomic mass is 35.5. The Morgan fingerprint density at radius 1 is 1.11 bits per heavy atom. The third-order valence-electron chi connectivity index (χ3n) is 6.53.